The highest BCUT2D eigenvalue weighted by molar-refractivity contribution is 7.17. The van der Waals surface area contributed by atoms with E-state index >= 15 is 0 Å². The summed E-state index contributed by atoms with van der Waals surface area (Å²) in [6.45, 7) is 4.03. The molecule has 0 bridgehead atoms. The fourth-order valence-electron chi connectivity index (χ4n) is 1.70. The zero-order valence-electron chi connectivity index (χ0n) is 11.8. The van der Waals surface area contributed by atoms with Crippen molar-refractivity contribution in [1.29, 1.82) is 0 Å². The molecule has 2 aromatic heterocycles. The number of nitrogens with one attached hydrogen (secondary N) is 2. The summed E-state index contributed by atoms with van der Waals surface area (Å²) in [6.07, 6.45) is 1.69. The highest BCUT2D eigenvalue weighted by Gasteiger charge is 2.16. The van der Waals surface area contributed by atoms with Crippen LogP contribution >= 0.6 is 11.3 Å². The summed E-state index contributed by atoms with van der Waals surface area (Å²) in [5, 5.41) is 6.10. The van der Waals surface area contributed by atoms with Crippen LogP contribution in [0, 0.1) is 6.92 Å². The number of carbonyl (C=O) groups is 2. The first-order chi connectivity index (χ1) is 10.1. The van der Waals surface area contributed by atoms with Crippen molar-refractivity contribution < 1.29 is 9.59 Å². The molecule has 21 heavy (non-hydrogen) atoms. The van der Waals surface area contributed by atoms with Crippen molar-refractivity contribution in [2.45, 2.75) is 13.8 Å². The normalized spacial score (nSPS) is 10.2. The second-order valence-corrected chi connectivity index (χ2v) is 5.39. The Hall–Kier alpha value is -2.28. The van der Waals surface area contributed by atoms with E-state index in [1.54, 1.807) is 13.1 Å². The van der Waals surface area contributed by atoms with Crippen molar-refractivity contribution in [3.8, 4) is 10.7 Å². The lowest BCUT2D eigenvalue weighted by Gasteiger charge is -2.04. The van der Waals surface area contributed by atoms with E-state index in [1.807, 2.05) is 18.2 Å². The van der Waals surface area contributed by atoms with Crippen LogP contribution < -0.4 is 10.6 Å². The summed E-state index contributed by atoms with van der Waals surface area (Å²) in [5.74, 6) is -0.298. The summed E-state index contributed by atoms with van der Waals surface area (Å²) in [4.78, 5) is 32.0. The number of aromatic nitrogens is 2. The van der Waals surface area contributed by atoms with E-state index in [2.05, 4.69) is 20.6 Å². The Bertz CT molecular complexity index is 640. The lowest BCUT2D eigenvalue weighted by molar-refractivity contribution is -0.118. The minimum Gasteiger partial charge on any atom is -0.355 e. The van der Waals surface area contributed by atoms with Gasteiger partial charge in [0.25, 0.3) is 5.91 Å². The van der Waals surface area contributed by atoms with Crippen LogP contribution in [-0.4, -0.2) is 34.9 Å². The SMILES string of the molecule is CC(=O)NCCNC(=O)c1sc(-c2ccccn2)nc1C. The van der Waals surface area contributed by atoms with Gasteiger partial charge in [0.2, 0.25) is 5.91 Å². The van der Waals surface area contributed by atoms with Crippen LogP contribution in [0.4, 0.5) is 0 Å². The fraction of sp³-hybridized carbons (Fsp3) is 0.286. The van der Waals surface area contributed by atoms with E-state index in [4.69, 9.17) is 0 Å². The van der Waals surface area contributed by atoms with Crippen LogP contribution in [0.1, 0.15) is 22.3 Å². The minimum absolute atomic E-state index is 0.115. The highest BCUT2D eigenvalue weighted by atomic mass is 32.1. The molecule has 0 aromatic carbocycles. The van der Waals surface area contributed by atoms with Gasteiger partial charge >= 0.3 is 0 Å². The van der Waals surface area contributed by atoms with Crippen molar-refractivity contribution in [2.75, 3.05) is 13.1 Å². The molecule has 0 aliphatic rings. The molecule has 2 N–H and O–H groups in total. The second-order valence-electron chi connectivity index (χ2n) is 4.39. The molecule has 2 rings (SSSR count). The first-order valence-corrected chi connectivity index (χ1v) is 7.31. The van der Waals surface area contributed by atoms with E-state index < -0.39 is 0 Å². The Labute approximate surface area is 126 Å². The van der Waals surface area contributed by atoms with Gasteiger partial charge in [-0.1, -0.05) is 6.07 Å². The van der Waals surface area contributed by atoms with Gasteiger partial charge in [-0.2, -0.15) is 0 Å². The number of thiazole rings is 1. The van der Waals surface area contributed by atoms with Crippen LogP contribution in [0.5, 0.6) is 0 Å². The molecule has 6 nitrogen and oxygen atoms in total. The Morgan fingerprint density at radius 3 is 2.67 bits per heavy atom. The van der Waals surface area contributed by atoms with Gasteiger partial charge in [0.05, 0.1) is 11.4 Å². The third-order valence-corrected chi connectivity index (χ3v) is 3.85. The first-order valence-electron chi connectivity index (χ1n) is 6.49. The Morgan fingerprint density at radius 1 is 1.24 bits per heavy atom. The van der Waals surface area contributed by atoms with Crippen LogP contribution in [-0.2, 0) is 4.79 Å². The molecule has 0 aliphatic carbocycles. The van der Waals surface area contributed by atoms with Gasteiger partial charge < -0.3 is 10.6 Å². The summed E-state index contributed by atoms with van der Waals surface area (Å²) < 4.78 is 0. The maximum absolute atomic E-state index is 12.1. The zero-order chi connectivity index (χ0) is 15.2. The average Bonchev–Trinajstić information content (AvgIpc) is 2.86. The molecular formula is C14H16N4O2S. The smallest absolute Gasteiger partial charge is 0.263 e. The molecule has 0 fully saturated rings. The number of rotatable bonds is 5. The van der Waals surface area contributed by atoms with Gasteiger partial charge in [0.1, 0.15) is 9.88 Å². The molecule has 110 valence electrons. The van der Waals surface area contributed by atoms with E-state index in [0.717, 1.165) is 10.7 Å². The molecule has 2 amide bonds. The van der Waals surface area contributed by atoms with Crippen molar-refractivity contribution in [3.63, 3.8) is 0 Å². The third kappa shape index (κ3) is 4.09. The molecule has 0 saturated carbocycles. The van der Waals surface area contributed by atoms with Gasteiger partial charge in [-0.25, -0.2) is 4.98 Å². The predicted molar refractivity (Wildman–Crippen MR) is 81.1 cm³/mol. The first kappa shape index (κ1) is 15.1. The molecule has 0 unspecified atom stereocenters. The van der Waals surface area contributed by atoms with Crippen LogP contribution in [0.2, 0.25) is 0 Å². The molecule has 0 aliphatic heterocycles. The predicted octanol–water partition coefficient (Wildman–Crippen LogP) is 1.38. The van der Waals surface area contributed by atoms with Gasteiger partial charge in [-0.15, -0.1) is 11.3 Å². The van der Waals surface area contributed by atoms with Crippen LogP contribution in [0.15, 0.2) is 24.4 Å². The lowest BCUT2D eigenvalue weighted by Crippen LogP contribution is -2.33. The maximum atomic E-state index is 12.1. The molecule has 2 heterocycles. The number of aryl methyl sites for hydroxylation is 1. The summed E-state index contributed by atoms with van der Waals surface area (Å²) >= 11 is 1.31. The van der Waals surface area contributed by atoms with E-state index in [9.17, 15) is 9.59 Å². The summed E-state index contributed by atoms with van der Waals surface area (Å²) in [6, 6.07) is 5.57. The Balaban J connectivity index is 2.02. The number of carbonyl (C=O) groups excluding carboxylic acids is 2. The van der Waals surface area contributed by atoms with Gasteiger partial charge in [0, 0.05) is 26.2 Å². The fourth-order valence-corrected chi connectivity index (χ4v) is 2.66. The molecule has 7 heteroatoms. The monoisotopic (exact) mass is 304 g/mol. The average molecular weight is 304 g/mol. The molecular weight excluding hydrogens is 288 g/mol. The Morgan fingerprint density at radius 2 is 2.00 bits per heavy atom. The molecule has 0 spiro atoms. The molecule has 0 atom stereocenters. The minimum atomic E-state index is -0.183. The third-order valence-electron chi connectivity index (χ3n) is 2.67. The molecule has 0 saturated heterocycles. The molecule has 2 aromatic rings. The standard InChI is InChI=1S/C14H16N4O2S/c1-9-12(13(20)17-8-7-15-10(2)19)21-14(18-9)11-5-3-4-6-16-11/h3-6H,7-8H2,1-2H3,(H,15,19)(H,17,20). The lowest BCUT2D eigenvalue weighted by atomic mass is 10.3. The quantitative estimate of drug-likeness (QED) is 0.817. The summed E-state index contributed by atoms with van der Waals surface area (Å²) in [7, 11) is 0. The number of hydrogen-bond acceptors (Lipinski definition) is 5. The number of hydrogen-bond donors (Lipinski definition) is 2. The van der Waals surface area contributed by atoms with Crippen LogP contribution in [0.3, 0.4) is 0 Å². The number of amides is 2. The topological polar surface area (TPSA) is 84.0 Å². The van der Waals surface area contributed by atoms with Gasteiger partial charge in [-0.3, -0.25) is 14.6 Å². The largest absolute Gasteiger partial charge is 0.355 e. The van der Waals surface area contributed by atoms with E-state index in [-0.39, 0.29) is 11.8 Å². The van der Waals surface area contributed by atoms with Crippen molar-refractivity contribution in [1.82, 2.24) is 20.6 Å². The van der Waals surface area contributed by atoms with Crippen molar-refractivity contribution >= 4 is 23.2 Å². The number of pyridine rings is 1. The zero-order valence-corrected chi connectivity index (χ0v) is 12.7. The maximum Gasteiger partial charge on any atom is 0.263 e. The van der Waals surface area contributed by atoms with Gasteiger partial charge in [-0.05, 0) is 19.1 Å². The van der Waals surface area contributed by atoms with Crippen molar-refractivity contribution in [3.05, 3.63) is 35.0 Å². The van der Waals surface area contributed by atoms with Crippen LogP contribution in [0.25, 0.3) is 10.7 Å². The highest BCUT2D eigenvalue weighted by Crippen LogP contribution is 2.26. The van der Waals surface area contributed by atoms with E-state index in [0.29, 0.717) is 23.7 Å². The Kier molecular flexibility index (Phi) is 4.99. The molecule has 0 radical (unpaired) electrons. The van der Waals surface area contributed by atoms with Gasteiger partial charge in [0.15, 0.2) is 0 Å². The van der Waals surface area contributed by atoms with Crippen molar-refractivity contribution in [2.24, 2.45) is 0 Å². The summed E-state index contributed by atoms with van der Waals surface area (Å²) in [5.41, 5.74) is 1.43. The van der Waals surface area contributed by atoms with E-state index in [1.165, 1.54) is 18.3 Å². The second kappa shape index (κ2) is 6.94. The number of nitrogens with zero attached hydrogens (tertiary/aromatic N) is 2.